The summed E-state index contributed by atoms with van der Waals surface area (Å²) in [6.07, 6.45) is 3.11. The van der Waals surface area contributed by atoms with Gasteiger partial charge in [0.2, 0.25) is 5.88 Å². The van der Waals surface area contributed by atoms with Crippen LogP contribution in [-0.2, 0) is 13.1 Å². The molecular weight excluding hydrogens is 258 g/mol. The lowest BCUT2D eigenvalue weighted by atomic mass is 10.2. The summed E-state index contributed by atoms with van der Waals surface area (Å²) in [4.78, 5) is 16.1. The number of methoxy groups -OCH3 is 1. The van der Waals surface area contributed by atoms with Crippen molar-refractivity contribution < 1.29 is 9.53 Å². The van der Waals surface area contributed by atoms with E-state index in [1.54, 1.807) is 24.1 Å². The predicted octanol–water partition coefficient (Wildman–Crippen LogP) is 0.819. The summed E-state index contributed by atoms with van der Waals surface area (Å²) in [5.74, 6) is 0.257. The van der Waals surface area contributed by atoms with Gasteiger partial charge in [-0.15, -0.1) is 0 Å². The van der Waals surface area contributed by atoms with Crippen LogP contribution in [0.25, 0.3) is 0 Å². The molecule has 0 spiro atoms. The van der Waals surface area contributed by atoms with Gasteiger partial charge in [0.05, 0.1) is 19.0 Å². The smallest absolute Gasteiger partial charge is 0.271 e. The molecule has 20 heavy (non-hydrogen) atoms. The zero-order chi connectivity index (χ0) is 14.5. The average molecular weight is 275 g/mol. The fourth-order valence-electron chi connectivity index (χ4n) is 1.83. The monoisotopic (exact) mass is 275 g/mol. The van der Waals surface area contributed by atoms with Gasteiger partial charge in [0.15, 0.2) is 0 Å². The number of carbonyl (C=O) groups excluding carboxylic acids is 1. The van der Waals surface area contributed by atoms with Crippen LogP contribution in [0, 0.1) is 0 Å². The van der Waals surface area contributed by atoms with E-state index in [-0.39, 0.29) is 5.91 Å². The average Bonchev–Trinajstić information content (AvgIpc) is 2.86. The van der Waals surface area contributed by atoms with Gasteiger partial charge >= 0.3 is 0 Å². The molecule has 0 aromatic carbocycles. The topological polar surface area (TPSA) is 95.1 Å². The molecule has 1 amide bonds. The second kappa shape index (κ2) is 6.05. The molecule has 2 aromatic heterocycles. The van der Waals surface area contributed by atoms with Crippen molar-refractivity contribution in [2.45, 2.75) is 20.0 Å². The van der Waals surface area contributed by atoms with E-state index in [1.165, 1.54) is 6.20 Å². The number of anilines is 1. The molecule has 2 heterocycles. The summed E-state index contributed by atoms with van der Waals surface area (Å²) in [7, 11) is 1.55. The highest BCUT2D eigenvalue weighted by atomic mass is 16.5. The van der Waals surface area contributed by atoms with Crippen molar-refractivity contribution >= 4 is 11.6 Å². The highest BCUT2D eigenvalue weighted by molar-refractivity contribution is 5.97. The number of aromatic nitrogens is 3. The second-order valence-electron chi connectivity index (χ2n) is 4.15. The number of ether oxygens (including phenoxy) is 1. The zero-order valence-corrected chi connectivity index (χ0v) is 11.5. The van der Waals surface area contributed by atoms with E-state index in [2.05, 4.69) is 15.4 Å². The van der Waals surface area contributed by atoms with Crippen LogP contribution in [-0.4, -0.2) is 27.8 Å². The maximum atomic E-state index is 12.1. The number of nitrogen functional groups attached to an aromatic ring is 1. The Balaban J connectivity index is 2.06. The number of rotatable bonds is 5. The summed E-state index contributed by atoms with van der Waals surface area (Å²) >= 11 is 0. The molecule has 106 valence electrons. The van der Waals surface area contributed by atoms with Crippen molar-refractivity contribution in [3.05, 3.63) is 35.8 Å². The van der Waals surface area contributed by atoms with Crippen molar-refractivity contribution in [2.75, 3.05) is 12.8 Å². The van der Waals surface area contributed by atoms with Crippen LogP contribution >= 0.6 is 0 Å². The first kappa shape index (κ1) is 13.9. The standard InChI is InChI=1S/C13H17N5O2/c1-3-18-12(10(14)8-17-18)13(19)16-7-9-4-5-15-11(6-9)20-2/h4-6,8H,3,7,14H2,1-2H3,(H,16,19). The molecule has 0 atom stereocenters. The molecule has 0 bridgehead atoms. The van der Waals surface area contributed by atoms with Crippen LogP contribution in [0.1, 0.15) is 23.0 Å². The second-order valence-corrected chi connectivity index (χ2v) is 4.15. The molecule has 7 nitrogen and oxygen atoms in total. The predicted molar refractivity (Wildman–Crippen MR) is 74.3 cm³/mol. The van der Waals surface area contributed by atoms with Crippen molar-refractivity contribution in [1.29, 1.82) is 0 Å². The molecule has 7 heteroatoms. The van der Waals surface area contributed by atoms with Crippen molar-refractivity contribution in [1.82, 2.24) is 20.1 Å². The molecule has 0 saturated carbocycles. The molecule has 0 fully saturated rings. The summed E-state index contributed by atoms with van der Waals surface area (Å²) < 4.78 is 6.60. The molecule has 0 aliphatic rings. The fourth-order valence-corrected chi connectivity index (χ4v) is 1.83. The van der Waals surface area contributed by atoms with Gasteiger partial charge in [0, 0.05) is 25.4 Å². The van der Waals surface area contributed by atoms with Gasteiger partial charge in [-0.05, 0) is 18.6 Å². The first-order valence-corrected chi connectivity index (χ1v) is 6.24. The maximum Gasteiger partial charge on any atom is 0.271 e. The number of aryl methyl sites for hydroxylation is 1. The number of nitrogens with zero attached hydrogens (tertiary/aromatic N) is 3. The van der Waals surface area contributed by atoms with Crippen LogP contribution in [0.2, 0.25) is 0 Å². The highest BCUT2D eigenvalue weighted by Gasteiger charge is 2.15. The van der Waals surface area contributed by atoms with E-state index in [1.807, 2.05) is 13.0 Å². The van der Waals surface area contributed by atoms with Gasteiger partial charge in [-0.1, -0.05) is 0 Å². The Morgan fingerprint density at radius 3 is 3.05 bits per heavy atom. The normalized spacial score (nSPS) is 10.3. The van der Waals surface area contributed by atoms with E-state index >= 15 is 0 Å². The number of hydrogen-bond donors (Lipinski definition) is 2. The van der Waals surface area contributed by atoms with Crippen LogP contribution in [0.4, 0.5) is 5.69 Å². The number of hydrogen-bond acceptors (Lipinski definition) is 5. The molecule has 0 unspecified atom stereocenters. The third kappa shape index (κ3) is 2.87. The molecule has 2 rings (SSSR count). The van der Waals surface area contributed by atoms with E-state index in [9.17, 15) is 4.79 Å². The summed E-state index contributed by atoms with van der Waals surface area (Å²) in [5.41, 5.74) is 7.41. The largest absolute Gasteiger partial charge is 0.481 e. The molecule has 2 aromatic rings. The quantitative estimate of drug-likeness (QED) is 0.842. The Morgan fingerprint density at radius 1 is 1.55 bits per heavy atom. The highest BCUT2D eigenvalue weighted by Crippen LogP contribution is 2.12. The van der Waals surface area contributed by atoms with Crippen LogP contribution in [0.15, 0.2) is 24.5 Å². The Morgan fingerprint density at radius 2 is 2.35 bits per heavy atom. The minimum Gasteiger partial charge on any atom is -0.481 e. The Labute approximate surface area is 116 Å². The van der Waals surface area contributed by atoms with Gasteiger partial charge in [0.25, 0.3) is 5.91 Å². The number of pyridine rings is 1. The van der Waals surface area contributed by atoms with Crippen molar-refractivity contribution in [3.63, 3.8) is 0 Å². The van der Waals surface area contributed by atoms with E-state index in [0.717, 1.165) is 5.56 Å². The van der Waals surface area contributed by atoms with Gasteiger partial charge in [-0.25, -0.2) is 4.98 Å². The Kier molecular flexibility index (Phi) is 4.19. The minimum atomic E-state index is -0.252. The van der Waals surface area contributed by atoms with Gasteiger partial charge in [0.1, 0.15) is 5.69 Å². The summed E-state index contributed by atoms with van der Waals surface area (Å²) in [6.45, 7) is 2.85. The SMILES string of the molecule is CCn1ncc(N)c1C(=O)NCc1ccnc(OC)c1. The minimum absolute atomic E-state index is 0.252. The van der Waals surface area contributed by atoms with E-state index < -0.39 is 0 Å². The molecule has 0 aliphatic heterocycles. The maximum absolute atomic E-state index is 12.1. The third-order valence-electron chi connectivity index (χ3n) is 2.84. The summed E-state index contributed by atoms with van der Waals surface area (Å²) in [6, 6.07) is 3.57. The lowest BCUT2D eigenvalue weighted by Crippen LogP contribution is -2.26. The Hall–Kier alpha value is -2.57. The molecular formula is C13H17N5O2. The van der Waals surface area contributed by atoms with Crippen molar-refractivity contribution in [3.8, 4) is 5.88 Å². The van der Waals surface area contributed by atoms with Gasteiger partial charge in [-0.2, -0.15) is 5.10 Å². The number of nitrogens with two attached hydrogens (primary N) is 1. The first-order valence-electron chi connectivity index (χ1n) is 6.24. The lowest BCUT2D eigenvalue weighted by Gasteiger charge is -2.08. The number of nitrogens with one attached hydrogen (secondary N) is 1. The zero-order valence-electron chi connectivity index (χ0n) is 11.5. The molecule has 0 saturated heterocycles. The van der Waals surface area contributed by atoms with Crippen molar-refractivity contribution in [2.24, 2.45) is 0 Å². The van der Waals surface area contributed by atoms with E-state index in [4.69, 9.17) is 10.5 Å². The van der Waals surface area contributed by atoms with E-state index in [0.29, 0.717) is 30.4 Å². The third-order valence-corrected chi connectivity index (χ3v) is 2.84. The van der Waals surface area contributed by atoms with Crippen LogP contribution in [0.3, 0.4) is 0 Å². The van der Waals surface area contributed by atoms with Crippen LogP contribution in [0.5, 0.6) is 5.88 Å². The fraction of sp³-hybridized carbons (Fsp3) is 0.308. The summed E-state index contributed by atoms with van der Waals surface area (Å²) in [5, 5.41) is 6.84. The van der Waals surface area contributed by atoms with Crippen LogP contribution < -0.4 is 15.8 Å². The molecule has 3 N–H and O–H groups in total. The van der Waals surface area contributed by atoms with Gasteiger partial charge in [-0.3, -0.25) is 9.48 Å². The lowest BCUT2D eigenvalue weighted by molar-refractivity contribution is 0.0941. The van der Waals surface area contributed by atoms with Gasteiger partial charge < -0.3 is 15.8 Å². The number of carbonyl (C=O) groups is 1. The molecule has 0 radical (unpaired) electrons. The Bertz CT molecular complexity index is 609. The molecule has 0 aliphatic carbocycles. The number of amides is 1. The first-order chi connectivity index (χ1) is 9.65.